The third-order valence-electron chi connectivity index (χ3n) is 13.8. The van der Waals surface area contributed by atoms with Crippen LogP contribution < -0.4 is 22.2 Å². The molecule has 8 heterocycles. The molecule has 124 heavy (non-hydrogen) atoms. The number of phosphoric acid groups is 12. The fraction of sp³-hybridized carbons (Fsp3) is 0.600. The highest BCUT2D eigenvalue weighted by Gasteiger charge is 2.62. The van der Waals surface area contributed by atoms with Crippen LogP contribution in [0.25, 0.3) is 0 Å². The van der Waals surface area contributed by atoms with Crippen molar-refractivity contribution in [1.29, 1.82) is 0 Å². The Morgan fingerprint density at radius 1 is 0.347 bits per heavy atom. The van der Waals surface area contributed by atoms with E-state index in [4.69, 9.17) is 125 Å². The molecule has 0 spiro atoms. The molecule has 4 aromatic rings. The average molecular weight is 2130 g/mol. The zero-order chi connectivity index (χ0) is 101. The summed E-state index contributed by atoms with van der Waals surface area (Å²) in [6, 6.07) is 0. The van der Waals surface area contributed by atoms with E-state index in [1.165, 1.54) is 27.7 Å². The van der Waals surface area contributed by atoms with Crippen molar-refractivity contribution in [1.82, 2.24) is 38.2 Å². The number of aromatic amines is 4. The minimum Gasteiger partial charge on any atom is -0.385 e. The van der Waals surface area contributed by atoms with Crippen LogP contribution in [0.2, 0.25) is 0 Å². The summed E-state index contributed by atoms with van der Waals surface area (Å²) < 4.78 is 305. The van der Waals surface area contributed by atoms with Gasteiger partial charge in [-0.05, 0) is 76.6 Å². The Morgan fingerprint density at radius 3 is 0.823 bits per heavy atom. The van der Waals surface area contributed by atoms with E-state index in [1.807, 2.05) is 4.98 Å². The molecule has 8 rings (SSSR count). The Hall–Kier alpha value is -2.72. The van der Waals surface area contributed by atoms with Crippen LogP contribution >= 0.6 is 143 Å². The molecular weight excluding hydrogens is 2060 g/mol. The van der Waals surface area contributed by atoms with Crippen LogP contribution in [-0.4, -0.2) is 256 Å². The van der Waals surface area contributed by atoms with Crippen molar-refractivity contribution in [2.45, 2.75) is 125 Å². The van der Waals surface area contributed by atoms with Crippen LogP contribution in [-0.2, 0) is 126 Å². The van der Waals surface area contributed by atoms with E-state index in [2.05, 4.69) is 77.0 Å². The van der Waals surface area contributed by atoms with Crippen LogP contribution in [0, 0.1) is 46.8 Å². The van der Waals surface area contributed by atoms with Gasteiger partial charge in [-0.2, -0.15) is 34.5 Å². The molecule has 8 unspecified atom stereocenters. The van der Waals surface area contributed by atoms with Crippen LogP contribution in [0.5, 0.6) is 0 Å². The van der Waals surface area contributed by atoms with Crippen LogP contribution in [0.3, 0.4) is 0 Å². The van der Waals surface area contributed by atoms with Crippen molar-refractivity contribution in [3.63, 3.8) is 0 Å². The molecule has 24 atom stereocenters. The van der Waals surface area contributed by atoms with Gasteiger partial charge in [-0.3, -0.25) is 75.5 Å². The summed E-state index contributed by atoms with van der Waals surface area (Å²) >= 11 is 19.3. The topological polar surface area (TPSA) is 989 Å². The number of aliphatic hydroxyl groups excluding tert-OH is 8. The molecule has 4 aromatic heterocycles. The highest BCUT2D eigenvalue weighted by atomic mass is 32.1. The molecule has 0 radical (unpaired) electrons. The lowest BCUT2D eigenvalue weighted by Crippen LogP contribution is -2.42. The maximum Gasteiger partial charge on any atom is 0.490 e. The number of nitrogens with one attached hydrogen (secondary N) is 4. The molecule has 0 saturated carbocycles. The van der Waals surface area contributed by atoms with Crippen molar-refractivity contribution in [3.8, 4) is 0 Å². The standard InChI is InChI=1S/4C10H16FN2O14P3S/c4*1-4-2-13(9(31)12-7(4)16)8-5(14)6(15)10(11,25-8)3-24-29(20,21)27-30(22,23)26-28(17,18)19/h4*2,5-6,8,14-15H,3H2,1H3,(H,20,21)(H,22,23)(H,12,16,31)(H2,17,18,19)/t4*5-,6+,8-,10-/m1111/s1/i3D2,8D;8D;3D2;. The summed E-state index contributed by atoms with van der Waals surface area (Å²) in [5.74, 6) is -15.6. The molecule has 64 nitrogen and oxygen atoms in total. The number of ether oxygens (including phenoxy) is 4. The van der Waals surface area contributed by atoms with Gasteiger partial charge in [0, 0.05) is 47.0 Å². The second-order valence-electron chi connectivity index (χ2n) is 23.5. The van der Waals surface area contributed by atoms with E-state index in [0.29, 0.717) is 9.13 Å². The largest absolute Gasteiger partial charge is 0.490 e. The first kappa shape index (κ1) is 102. The van der Waals surface area contributed by atoms with E-state index in [0.717, 1.165) is 33.9 Å². The fourth-order valence-electron chi connectivity index (χ4n) is 8.73. The highest BCUT2D eigenvalue weighted by molar-refractivity contribution is 7.72. The van der Waals surface area contributed by atoms with Crippen LogP contribution in [0.4, 0.5) is 17.6 Å². The number of H-pyrrole nitrogens is 4. The van der Waals surface area contributed by atoms with Gasteiger partial charge in [0.25, 0.3) is 45.7 Å². The summed E-state index contributed by atoms with van der Waals surface area (Å²) in [7, 11) is -70.9. The molecule has 4 aliphatic heterocycles. The maximum atomic E-state index is 15.5. The van der Waals surface area contributed by atoms with Gasteiger partial charge < -0.3 is 138 Å². The van der Waals surface area contributed by atoms with Crippen molar-refractivity contribution >= 4 is 143 Å². The number of halogens is 4. The zero-order valence-corrected chi connectivity index (χ0v) is 73.6. The smallest absolute Gasteiger partial charge is 0.385 e. The lowest BCUT2D eigenvalue weighted by molar-refractivity contribution is -0.204. The SMILES string of the molecule is Cc1cn([C@@H]2O[C@](F)(COP(=O)(O)OP(=O)(O)OP(=O)(O)O)[C@@H](O)[C@H]2O)c(=S)[nH]c1=O.[2H]C([2H])(OP(=O)(O)OP(=O)(O)OP(=O)(O)O)[C@@]1(F)O[C@@H](n2cc(C)c(=O)[nH]c2=S)[C@H](O)[C@@H]1O.[2H]C([2H])(OP(=O)(O)OP(=O)(O)OP(=O)(O)O)[C@@]1(F)O[C@@]([2H])(n2cc(C)c(=O)[nH]c2=S)[C@H](O)[C@@H]1O.[2H][C@@]1(n2cc(C)c(=O)[nH]c2=S)O[C@](F)(COP(=O)(O)OP(=O)(O)OP(=O)(O)O)[C@@H](O)[C@H]1O. The van der Waals surface area contributed by atoms with Gasteiger partial charge >= 0.3 is 93.9 Å². The number of alkyl halides is 4. The Kier molecular flexibility index (Phi) is 33.3. The molecule has 0 aromatic carbocycles. The van der Waals surface area contributed by atoms with E-state index in [1.54, 1.807) is 0 Å². The molecule has 0 bridgehead atoms. The van der Waals surface area contributed by atoms with E-state index >= 15 is 13.2 Å². The Balaban J connectivity index is 0.000000307. The summed E-state index contributed by atoms with van der Waals surface area (Å²) in [5.41, 5.74) is -2.86. The van der Waals surface area contributed by atoms with Gasteiger partial charge in [0.05, 0.1) is 8.22 Å². The van der Waals surface area contributed by atoms with E-state index in [-0.39, 0.29) is 27.0 Å². The first-order chi connectivity index (χ1) is 57.6. The second-order valence-corrected chi connectivity index (χ2v) is 42.6. The fourth-order valence-corrected chi connectivity index (χ4v) is 21.5. The molecule has 0 amide bonds. The van der Waals surface area contributed by atoms with Crippen molar-refractivity contribution < 1.29 is 271 Å². The number of hydrogen-bond donors (Lipinski definition) is 28. The number of rotatable bonds is 32. The molecule has 28 N–H and O–H groups in total. The summed E-state index contributed by atoms with van der Waals surface area (Å²) in [6.07, 6.45) is -26.6. The molecule has 84 heteroatoms. The second kappa shape index (κ2) is 40.6. The predicted octanol–water partition coefficient (Wildman–Crippen LogP) is -2.10. The molecule has 4 fully saturated rings. The van der Waals surface area contributed by atoms with Gasteiger partial charge in [0.2, 0.25) is 0 Å². The van der Waals surface area contributed by atoms with Gasteiger partial charge in [-0.25, -0.2) is 72.3 Å². The number of nitrogens with zero attached hydrogens (tertiary/aromatic N) is 4. The third kappa shape index (κ3) is 31.7. The molecule has 4 aliphatic rings. The van der Waals surface area contributed by atoms with Crippen molar-refractivity contribution in [3.05, 3.63) is 108 Å². The number of aromatic nitrogens is 8. The zero-order valence-electron chi connectivity index (χ0n) is 65.6. The minimum atomic E-state index is -6.31. The molecule has 712 valence electrons. The van der Waals surface area contributed by atoms with Gasteiger partial charge in [0.1, 0.15) is 75.2 Å². The molecular formula is C40H64F4N8O56P12S4. The lowest BCUT2D eigenvalue weighted by Gasteiger charge is -2.24. The Morgan fingerprint density at radius 2 is 0.548 bits per heavy atom. The number of aliphatic hydroxyl groups is 8. The number of phosphoric ester groups is 4. The average Bonchev–Trinajstić information content (AvgIpc) is 1.56. The van der Waals surface area contributed by atoms with Gasteiger partial charge in [-0.15, -0.1) is 0 Å². The maximum absolute atomic E-state index is 15.5. The molecule has 0 aliphatic carbocycles. The summed E-state index contributed by atoms with van der Waals surface area (Å²) in [5, 5.41) is 80.7. The van der Waals surface area contributed by atoms with Gasteiger partial charge in [-0.1, -0.05) is 0 Å². The monoisotopic (exact) mass is 2130 g/mol. The van der Waals surface area contributed by atoms with E-state index in [9.17, 15) is 139 Å². The van der Waals surface area contributed by atoms with E-state index < -0.39 is 254 Å². The Bertz CT molecular complexity index is 6130. The van der Waals surface area contributed by atoms with Crippen molar-refractivity contribution in [2.75, 3.05) is 26.3 Å². The first-order valence-corrected chi connectivity index (χ1v) is 49.9. The van der Waals surface area contributed by atoms with Crippen LogP contribution in [0.1, 0.15) is 55.3 Å². The normalized spacial score (nSPS) is 32.8. The van der Waals surface area contributed by atoms with Crippen molar-refractivity contribution in [2.24, 2.45) is 0 Å². The first-order valence-electron chi connectivity index (χ1n) is 33.2. The molecule has 4 saturated heterocycles. The van der Waals surface area contributed by atoms with Gasteiger partial charge in [0.15, 0.2) is 43.9 Å². The highest BCUT2D eigenvalue weighted by Crippen LogP contribution is 2.70. The quantitative estimate of drug-likeness (QED) is 0.0141. The summed E-state index contributed by atoms with van der Waals surface area (Å²) in [4.78, 5) is 197. The predicted molar refractivity (Wildman–Crippen MR) is 386 cm³/mol. The number of aryl methyl sites for hydroxylation is 4. The lowest BCUT2D eigenvalue weighted by atomic mass is 10.1. The van der Waals surface area contributed by atoms with Crippen LogP contribution in [0.15, 0.2) is 44.0 Å². The summed E-state index contributed by atoms with van der Waals surface area (Å²) in [6.45, 7) is -7.03. The minimum absolute atomic E-state index is 0.0264. The third-order valence-corrected chi connectivity index (χ3v) is 29.9. The number of hydrogen-bond acceptors (Lipinski definition) is 44. The Labute approximate surface area is 708 Å².